The third kappa shape index (κ3) is 10.1. The van der Waals surface area contributed by atoms with Crippen LogP contribution in [0.3, 0.4) is 0 Å². The number of hydrogen-bond acceptors (Lipinski definition) is 2. The van der Waals surface area contributed by atoms with Crippen LogP contribution in [0.5, 0.6) is 0 Å². The lowest BCUT2D eigenvalue weighted by Gasteiger charge is -2.40. The summed E-state index contributed by atoms with van der Waals surface area (Å²) in [5.74, 6) is 0.655. The van der Waals surface area contributed by atoms with E-state index in [4.69, 9.17) is 0 Å². The van der Waals surface area contributed by atoms with E-state index in [1.165, 1.54) is 83.1 Å². The topological polar surface area (TPSA) is 6.48 Å². The van der Waals surface area contributed by atoms with Gasteiger partial charge in [0.2, 0.25) is 0 Å². The average molecular weight is 417 g/mol. The molecule has 2 nitrogen and oxygen atoms in total. The van der Waals surface area contributed by atoms with Gasteiger partial charge in [-0.15, -0.1) is 0 Å². The van der Waals surface area contributed by atoms with Crippen LogP contribution in [0, 0.1) is 0 Å². The molecule has 0 aliphatic rings. The molecule has 166 valence electrons. The van der Waals surface area contributed by atoms with E-state index in [1.807, 2.05) is 0 Å². The van der Waals surface area contributed by atoms with E-state index in [9.17, 15) is 0 Å². The van der Waals surface area contributed by atoms with Gasteiger partial charge in [-0.3, -0.25) is 9.80 Å². The van der Waals surface area contributed by atoms with Crippen molar-refractivity contribution < 1.29 is 0 Å². The van der Waals surface area contributed by atoms with Gasteiger partial charge in [-0.25, -0.2) is 0 Å². The predicted octanol–water partition coefficient (Wildman–Crippen LogP) is 5.60. The Bertz CT molecular complexity index is 504. The van der Waals surface area contributed by atoms with Crippen LogP contribution >= 0.6 is 0 Å². The van der Waals surface area contributed by atoms with Crippen LogP contribution in [0.4, 0.5) is 0 Å². The Morgan fingerprint density at radius 2 is 1.14 bits per heavy atom. The second-order valence-electron chi connectivity index (χ2n) is 8.65. The van der Waals surface area contributed by atoms with E-state index in [0.717, 1.165) is 5.57 Å². The van der Waals surface area contributed by atoms with E-state index in [1.54, 1.807) is 5.19 Å². The normalized spacial score (nSPS) is 12.1. The molecular formula is C26H48N2Si. The number of rotatable bonds is 17. The fourth-order valence-electron chi connectivity index (χ4n) is 3.89. The first-order valence-corrected chi connectivity index (χ1v) is 13.8. The van der Waals surface area contributed by atoms with Crippen molar-refractivity contribution in [3.8, 4) is 0 Å². The molecule has 0 aliphatic carbocycles. The van der Waals surface area contributed by atoms with E-state index < -0.39 is 9.52 Å². The SMILES string of the molecule is C=C(C)c1ccc([SiH2]C(N(CCCC)CCCC)N(CCCC)CCCC)cc1. The van der Waals surface area contributed by atoms with Crippen molar-refractivity contribution in [3.05, 3.63) is 36.4 Å². The second-order valence-corrected chi connectivity index (χ2v) is 10.6. The molecule has 0 unspecified atom stereocenters. The van der Waals surface area contributed by atoms with Gasteiger partial charge >= 0.3 is 0 Å². The van der Waals surface area contributed by atoms with Gasteiger partial charge < -0.3 is 0 Å². The quantitative estimate of drug-likeness (QED) is 0.241. The Balaban J connectivity index is 3.10. The first kappa shape index (κ1) is 26.1. The van der Waals surface area contributed by atoms with E-state index in [-0.39, 0.29) is 0 Å². The van der Waals surface area contributed by atoms with E-state index in [0.29, 0.717) is 5.79 Å². The maximum absolute atomic E-state index is 4.10. The molecule has 0 bridgehead atoms. The molecule has 1 aromatic rings. The summed E-state index contributed by atoms with van der Waals surface area (Å²) in [6, 6.07) is 9.34. The van der Waals surface area contributed by atoms with E-state index in [2.05, 4.69) is 75.3 Å². The second kappa shape index (κ2) is 15.9. The molecule has 3 heteroatoms. The Morgan fingerprint density at radius 1 is 0.759 bits per heavy atom. The van der Waals surface area contributed by atoms with Gasteiger partial charge in [0.15, 0.2) is 0 Å². The number of nitrogens with zero attached hydrogens (tertiary/aromatic N) is 2. The van der Waals surface area contributed by atoms with Crippen LogP contribution in [0.2, 0.25) is 0 Å². The molecule has 0 N–H and O–H groups in total. The number of unbranched alkanes of at least 4 members (excludes halogenated alkanes) is 4. The summed E-state index contributed by atoms with van der Waals surface area (Å²) in [7, 11) is -0.423. The Kier molecular flexibility index (Phi) is 14.3. The minimum atomic E-state index is -0.423. The summed E-state index contributed by atoms with van der Waals surface area (Å²) < 4.78 is 0. The van der Waals surface area contributed by atoms with Crippen LogP contribution in [0.25, 0.3) is 5.57 Å². The lowest BCUT2D eigenvalue weighted by molar-refractivity contribution is 0.0911. The first-order chi connectivity index (χ1) is 14.1. The minimum Gasteiger partial charge on any atom is -0.291 e. The average Bonchev–Trinajstić information content (AvgIpc) is 2.73. The molecule has 0 fully saturated rings. The van der Waals surface area contributed by atoms with Crippen molar-refractivity contribution in [2.24, 2.45) is 0 Å². The van der Waals surface area contributed by atoms with Crippen molar-refractivity contribution in [2.45, 2.75) is 91.8 Å². The summed E-state index contributed by atoms with van der Waals surface area (Å²) in [5, 5.41) is 1.59. The number of allylic oxidation sites excluding steroid dienone is 1. The van der Waals surface area contributed by atoms with Gasteiger partial charge in [0.1, 0.15) is 0 Å². The number of hydrogen-bond donors (Lipinski definition) is 0. The molecule has 0 radical (unpaired) electrons. The van der Waals surface area contributed by atoms with Crippen LogP contribution in [-0.2, 0) is 0 Å². The zero-order valence-corrected chi connectivity index (χ0v) is 21.6. The molecule has 0 amide bonds. The molecule has 0 atom stereocenters. The maximum atomic E-state index is 4.10. The van der Waals surface area contributed by atoms with Crippen molar-refractivity contribution in [1.82, 2.24) is 9.80 Å². The summed E-state index contributed by atoms with van der Waals surface area (Å²) in [5.41, 5.74) is 2.44. The summed E-state index contributed by atoms with van der Waals surface area (Å²) >= 11 is 0. The lowest BCUT2D eigenvalue weighted by Crippen LogP contribution is -2.55. The molecule has 1 aromatic carbocycles. The van der Waals surface area contributed by atoms with Crippen molar-refractivity contribution >= 4 is 20.3 Å². The summed E-state index contributed by atoms with van der Waals surface area (Å²) in [4.78, 5) is 5.72. The van der Waals surface area contributed by atoms with Crippen LogP contribution < -0.4 is 5.19 Å². The Labute approximate surface area is 184 Å². The summed E-state index contributed by atoms with van der Waals surface area (Å²) in [6.07, 6.45) is 10.4. The number of benzene rings is 1. The maximum Gasteiger partial charge on any atom is 0.0922 e. The van der Waals surface area contributed by atoms with Crippen molar-refractivity contribution in [1.29, 1.82) is 0 Å². The van der Waals surface area contributed by atoms with Crippen molar-refractivity contribution in [2.75, 3.05) is 26.2 Å². The molecule has 1 rings (SSSR count). The standard InChI is InChI=1S/C26H48N2Si/c1-7-11-19-27(20-12-8-2)26(28(21-13-9-3)22-14-10-4)29-25-17-15-24(16-18-25)23(5)6/h15-18,26H,5,7-14,19-22,29H2,1-4,6H3. The summed E-state index contributed by atoms with van der Waals surface area (Å²) in [6.45, 7) is 20.5. The van der Waals surface area contributed by atoms with Gasteiger partial charge in [-0.1, -0.05) is 95.0 Å². The lowest BCUT2D eigenvalue weighted by atomic mass is 10.1. The van der Waals surface area contributed by atoms with Gasteiger partial charge in [-0.05, 0) is 64.3 Å². The van der Waals surface area contributed by atoms with Gasteiger partial charge in [0.05, 0.1) is 15.3 Å². The smallest absolute Gasteiger partial charge is 0.0922 e. The van der Waals surface area contributed by atoms with Gasteiger partial charge in [0, 0.05) is 0 Å². The Morgan fingerprint density at radius 3 is 1.45 bits per heavy atom. The highest BCUT2D eigenvalue weighted by molar-refractivity contribution is 6.54. The third-order valence-electron chi connectivity index (χ3n) is 5.90. The largest absolute Gasteiger partial charge is 0.291 e. The molecule has 0 saturated heterocycles. The molecule has 0 aliphatic heterocycles. The van der Waals surface area contributed by atoms with Gasteiger partial charge in [0.25, 0.3) is 0 Å². The fraction of sp³-hybridized carbons (Fsp3) is 0.692. The van der Waals surface area contributed by atoms with Crippen LogP contribution in [0.15, 0.2) is 30.8 Å². The first-order valence-electron chi connectivity index (χ1n) is 12.3. The van der Waals surface area contributed by atoms with Crippen LogP contribution in [0.1, 0.15) is 91.5 Å². The highest BCUT2D eigenvalue weighted by Gasteiger charge is 2.25. The van der Waals surface area contributed by atoms with Gasteiger partial charge in [-0.2, -0.15) is 0 Å². The van der Waals surface area contributed by atoms with E-state index >= 15 is 0 Å². The molecule has 29 heavy (non-hydrogen) atoms. The fourth-order valence-corrected chi connectivity index (χ4v) is 6.07. The molecule has 0 spiro atoms. The van der Waals surface area contributed by atoms with Crippen LogP contribution in [-0.4, -0.2) is 51.3 Å². The molecule has 0 heterocycles. The predicted molar refractivity (Wildman–Crippen MR) is 136 cm³/mol. The Hall–Kier alpha value is -0.903. The molecular weight excluding hydrogens is 368 g/mol. The third-order valence-corrected chi connectivity index (χ3v) is 8.24. The molecule has 0 saturated carbocycles. The minimum absolute atomic E-state index is 0.423. The monoisotopic (exact) mass is 416 g/mol. The highest BCUT2D eigenvalue weighted by atomic mass is 28.2. The van der Waals surface area contributed by atoms with Crippen molar-refractivity contribution in [3.63, 3.8) is 0 Å². The molecule has 0 aromatic heterocycles. The highest BCUT2D eigenvalue weighted by Crippen LogP contribution is 2.14. The zero-order valence-electron chi connectivity index (χ0n) is 20.2. The zero-order chi connectivity index (χ0) is 21.5.